The van der Waals surface area contributed by atoms with Gasteiger partial charge in [0.15, 0.2) is 5.65 Å². The maximum Gasteiger partial charge on any atom is 0.252 e. The van der Waals surface area contributed by atoms with Gasteiger partial charge in [0.25, 0.3) is 10.0 Å². The molecule has 0 N–H and O–H groups in total. The summed E-state index contributed by atoms with van der Waals surface area (Å²) in [5.74, 6) is 0.892. The van der Waals surface area contributed by atoms with Crippen LogP contribution < -0.4 is 0 Å². The van der Waals surface area contributed by atoms with Crippen LogP contribution in [0.15, 0.2) is 58.9 Å². The molecular formula is C22H22ClN5O2S2. The molecule has 1 aliphatic heterocycles. The lowest BCUT2D eigenvalue weighted by Crippen LogP contribution is -2.48. The lowest BCUT2D eigenvalue weighted by molar-refractivity contribution is 0.178. The molecule has 7 nitrogen and oxygen atoms in total. The third-order valence-electron chi connectivity index (χ3n) is 5.62. The van der Waals surface area contributed by atoms with Crippen molar-refractivity contribution in [2.45, 2.75) is 17.7 Å². The van der Waals surface area contributed by atoms with Crippen molar-refractivity contribution in [1.29, 1.82) is 0 Å². The van der Waals surface area contributed by atoms with Crippen LogP contribution in [0.2, 0.25) is 4.34 Å². The summed E-state index contributed by atoms with van der Waals surface area (Å²) in [7, 11) is -3.50. The van der Waals surface area contributed by atoms with E-state index in [4.69, 9.17) is 16.6 Å². The van der Waals surface area contributed by atoms with E-state index in [2.05, 4.69) is 45.6 Å². The molecule has 1 fully saturated rings. The third-order valence-corrected chi connectivity index (χ3v) is 9.21. The largest absolute Gasteiger partial charge is 0.293 e. The van der Waals surface area contributed by atoms with Crippen LogP contribution in [0.4, 0.5) is 0 Å². The fourth-order valence-corrected chi connectivity index (χ4v) is 6.98. The number of hydrogen-bond donors (Lipinski definition) is 0. The Bertz CT molecular complexity index is 1360. The molecule has 10 heteroatoms. The van der Waals surface area contributed by atoms with Gasteiger partial charge in [-0.15, -0.1) is 11.3 Å². The van der Waals surface area contributed by atoms with Gasteiger partial charge in [0, 0.05) is 38.1 Å². The van der Waals surface area contributed by atoms with Crippen molar-refractivity contribution >= 4 is 44.1 Å². The summed E-state index contributed by atoms with van der Waals surface area (Å²) in [6.07, 6.45) is 1.78. The molecular weight excluding hydrogens is 466 g/mol. The van der Waals surface area contributed by atoms with Gasteiger partial charge in [-0.1, -0.05) is 29.3 Å². The molecule has 166 valence electrons. The number of rotatable bonds is 5. The van der Waals surface area contributed by atoms with Gasteiger partial charge in [0.05, 0.1) is 10.9 Å². The highest BCUT2D eigenvalue weighted by atomic mass is 35.5. The second-order valence-electron chi connectivity index (χ2n) is 7.78. The molecule has 0 atom stereocenters. The van der Waals surface area contributed by atoms with Crippen molar-refractivity contribution in [3.8, 4) is 5.69 Å². The monoisotopic (exact) mass is 487 g/mol. The number of thiophene rings is 1. The molecule has 0 spiro atoms. The molecule has 4 aromatic rings. The quantitative estimate of drug-likeness (QED) is 0.426. The Balaban J connectivity index is 1.37. The van der Waals surface area contributed by atoms with E-state index in [1.54, 1.807) is 18.3 Å². The van der Waals surface area contributed by atoms with Gasteiger partial charge in [0.1, 0.15) is 15.6 Å². The molecule has 0 saturated carbocycles. The van der Waals surface area contributed by atoms with E-state index >= 15 is 0 Å². The predicted molar refractivity (Wildman–Crippen MR) is 127 cm³/mol. The molecule has 1 aromatic carbocycles. The Labute approximate surface area is 195 Å². The first-order chi connectivity index (χ1) is 15.4. The van der Waals surface area contributed by atoms with Crippen molar-refractivity contribution < 1.29 is 8.42 Å². The number of benzene rings is 1. The molecule has 0 unspecified atom stereocenters. The number of piperazine rings is 1. The van der Waals surface area contributed by atoms with Crippen molar-refractivity contribution in [3.63, 3.8) is 0 Å². The highest BCUT2D eigenvalue weighted by molar-refractivity contribution is 7.91. The molecule has 5 rings (SSSR count). The minimum absolute atomic E-state index is 0.295. The van der Waals surface area contributed by atoms with E-state index in [-0.39, 0.29) is 0 Å². The number of imidazole rings is 1. The van der Waals surface area contributed by atoms with Crippen molar-refractivity contribution in [2.24, 2.45) is 0 Å². The van der Waals surface area contributed by atoms with Crippen molar-refractivity contribution in [1.82, 2.24) is 23.7 Å². The van der Waals surface area contributed by atoms with Gasteiger partial charge in [0.2, 0.25) is 0 Å². The minimum Gasteiger partial charge on any atom is -0.293 e. The zero-order valence-electron chi connectivity index (χ0n) is 17.5. The Hall–Kier alpha value is -2.30. The van der Waals surface area contributed by atoms with Crippen LogP contribution in [-0.2, 0) is 16.6 Å². The first-order valence-corrected chi connectivity index (χ1v) is 12.9. The zero-order valence-corrected chi connectivity index (χ0v) is 19.9. The number of hydrogen-bond acceptors (Lipinski definition) is 6. The Morgan fingerprint density at radius 1 is 1.03 bits per heavy atom. The van der Waals surface area contributed by atoms with Crippen LogP contribution in [0.3, 0.4) is 0 Å². The zero-order chi connectivity index (χ0) is 22.3. The van der Waals surface area contributed by atoms with Crippen molar-refractivity contribution in [3.05, 3.63) is 70.5 Å². The van der Waals surface area contributed by atoms with Crippen LogP contribution in [0.5, 0.6) is 0 Å². The average Bonchev–Trinajstić information content (AvgIpc) is 3.39. The second-order valence-corrected chi connectivity index (χ2v) is 11.7. The smallest absolute Gasteiger partial charge is 0.252 e. The fourth-order valence-electron chi connectivity index (χ4n) is 3.92. The minimum atomic E-state index is -3.50. The second kappa shape index (κ2) is 8.57. The highest BCUT2D eigenvalue weighted by Crippen LogP contribution is 2.29. The number of fused-ring (bicyclic) bond motifs is 1. The topological polar surface area (TPSA) is 71.3 Å². The number of sulfonamides is 1. The maximum atomic E-state index is 12.9. The van der Waals surface area contributed by atoms with E-state index in [9.17, 15) is 8.42 Å². The molecule has 4 heterocycles. The molecule has 3 aromatic heterocycles. The molecule has 1 saturated heterocycles. The van der Waals surface area contributed by atoms with Gasteiger partial charge < -0.3 is 0 Å². The van der Waals surface area contributed by atoms with Gasteiger partial charge in [-0.3, -0.25) is 9.47 Å². The summed E-state index contributed by atoms with van der Waals surface area (Å²) in [5.41, 5.74) is 3.88. The van der Waals surface area contributed by atoms with Crippen molar-refractivity contribution in [2.75, 3.05) is 26.2 Å². The third kappa shape index (κ3) is 4.06. The SMILES string of the molecule is Cc1ccc(-n2c(CN3CCN(S(=O)(=O)c4ccc(Cl)s4)CC3)nc3cccnc32)cc1. The number of aromatic nitrogens is 3. The molecule has 0 aliphatic carbocycles. The maximum absolute atomic E-state index is 12.9. The summed E-state index contributed by atoms with van der Waals surface area (Å²) >= 11 is 7.04. The Morgan fingerprint density at radius 3 is 2.47 bits per heavy atom. The molecule has 1 aliphatic rings. The molecule has 0 radical (unpaired) electrons. The van der Waals surface area contributed by atoms with E-state index in [1.165, 1.54) is 9.87 Å². The van der Waals surface area contributed by atoms with E-state index in [1.807, 2.05) is 12.1 Å². The van der Waals surface area contributed by atoms with Crippen LogP contribution in [0.25, 0.3) is 16.9 Å². The highest BCUT2D eigenvalue weighted by Gasteiger charge is 2.30. The Kier molecular flexibility index (Phi) is 5.77. The number of aryl methyl sites for hydroxylation is 1. The first-order valence-electron chi connectivity index (χ1n) is 10.3. The summed E-state index contributed by atoms with van der Waals surface area (Å²) in [5, 5.41) is 0. The number of nitrogens with zero attached hydrogens (tertiary/aromatic N) is 5. The lowest BCUT2D eigenvalue weighted by atomic mass is 10.2. The molecule has 0 amide bonds. The van der Waals surface area contributed by atoms with Crippen LogP contribution in [0.1, 0.15) is 11.4 Å². The average molecular weight is 488 g/mol. The number of pyridine rings is 1. The van der Waals surface area contributed by atoms with E-state index in [0.29, 0.717) is 41.3 Å². The fraction of sp³-hybridized carbons (Fsp3) is 0.273. The Morgan fingerprint density at radius 2 is 1.78 bits per heavy atom. The van der Waals surface area contributed by atoms with E-state index in [0.717, 1.165) is 34.0 Å². The first kappa shape index (κ1) is 21.5. The predicted octanol–water partition coefficient (Wildman–Crippen LogP) is 3.95. The summed E-state index contributed by atoms with van der Waals surface area (Å²) in [6, 6.07) is 15.4. The molecule has 32 heavy (non-hydrogen) atoms. The van der Waals surface area contributed by atoms with Gasteiger partial charge in [-0.05, 0) is 43.3 Å². The molecule has 0 bridgehead atoms. The van der Waals surface area contributed by atoms with E-state index < -0.39 is 10.0 Å². The van der Waals surface area contributed by atoms with Gasteiger partial charge in [-0.25, -0.2) is 18.4 Å². The standard InChI is InChI=1S/C22H22ClN5O2S2/c1-16-4-6-17(7-5-16)28-20(25-18-3-2-10-24-22(18)28)15-26-11-13-27(14-12-26)32(29,30)21-9-8-19(23)31-21/h2-10H,11-15H2,1H3. The van der Waals surface area contributed by atoms with Crippen LogP contribution >= 0.6 is 22.9 Å². The summed E-state index contributed by atoms with van der Waals surface area (Å²) in [4.78, 5) is 11.6. The van der Waals surface area contributed by atoms with Gasteiger partial charge >= 0.3 is 0 Å². The van der Waals surface area contributed by atoms with Crippen LogP contribution in [-0.4, -0.2) is 58.3 Å². The number of halogens is 1. The van der Waals surface area contributed by atoms with Gasteiger partial charge in [-0.2, -0.15) is 4.31 Å². The summed E-state index contributed by atoms with van der Waals surface area (Å²) < 4.78 is 30.2. The normalized spacial score (nSPS) is 16.1. The lowest BCUT2D eigenvalue weighted by Gasteiger charge is -2.33. The summed E-state index contributed by atoms with van der Waals surface area (Å²) in [6.45, 7) is 4.79. The van der Waals surface area contributed by atoms with Crippen LogP contribution in [0, 0.1) is 6.92 Å².